The lowest BCUT2D eigenvalue weighted by Gasteiger charge is -2.12. The van der Waals surface area contributed by atoms with Crippen molar-refractivity contribution < 1.29 is 4.74 Å². The van der Waals surface area contributed by atoms with Crippen molar-refractivity contribution in [3.8, 4) is 17.1 Å². The highest BCUT2D eigenvalue weighted by Gasteiger charge is 2.15. The molecule has 0 aliphatic rings. The van der Waals surface area contributed by atoms with Gasteiger partial charge in [0.2, 0.25) is 0 Å². The minimum Gasteiger partial charge on any atom is -0.496 e. The standard InChI is InChI=1S/C15H16BrClN2O/c1-9(2)8-11-13(16)14(17)19-15(18-11)10-6-4-5-7-12(10)20-3/h4-7,9H,8H2,1-3H3. The van der Waals surface area contributed by atoms with Crippen molar-refractivity contribution >= 4 is 27.5 Å². The molecule has 0 fully saturated rings. The number of hydrogen-bond donors (Lipinski definition) is 0. The Kier molecular flexibility index (Phi) is 5.00. The van der Waals surface area contributed by atoms with E-state index in [-0.39, 0.29) is 0 Å². The van der Waals surface area contributed by atoms with Crippen LogP contribution in [0.4, 0.5) is 0 Å². The van der Waals surface area contributed by atoms with E-state index in [9.17, 15) is 0 Å². The third kappa shape index (κ3) is 3.30. The fourth-order valence-corrected chi connectivity index (χ4v) is 2.46. The van der Waals surface area contributed by atoms with Gasteiger partial charge in [0, 0.05) is 0 Å². The van der Waals surface area contributed by atoms with Crippen LogP contribution in [0.15, 0.2) is 28.7 Å². The zero-order valence-electron chi connectivity index (χ0n) is 11.7. The number of aromatic nitrogens is 2. The summed E-state index contributed by atoms with van der Waals surface area (Å²) in [4.78, 5) is 8.98. The Morgan fingerprint density at radius 3 is 2.60 bits per heavy atom. The molecule has 3 nitrogen and oxygen atoms in total. The van der Waals surface area contributed by atoms with Crippen molar-refractivity contribution in [2.75, 3.05) is 7.11 Å². The summed E-state index contributed by atoms with van der Waals surface area (Å²) in [5.74, 6) is 1.82. The van der Waals surface area contributed by atoms with E-state index in [1.165, 1.54) is 0 Å². The molecule has 0 unspecified atom stereocenters. The van der Waals surface area contributed by atoms with Crippen molar-refractivity contribution in [2.24, 2.45) is 5.92 Å². The zero-order valence-corrected chi connectivity index (χ0v) is 14.0. The van der Waals surface area contributed by atoms with E-state index < -0.39 is 0 Å². The van der Waals surface area contributed by atoms with Gasteiger partial charge in [-0.2, -0.15) is 0 Å². The molecule has 0 N–H and O–H groups in total. The molecule has 1 heterocycles. The Morgan fingerprint density at radius 1 is 1.25 bits per heavy atom. The number of halogens is 2. The third-order valence-electron chi connectivity index (χ3n) is 2.83. The van der Waals surface area contributed by atoms with Crippen LogP contribution >= 0.6 is 27.5 Å². The molecule has 0 saturated heterocycles. The van der Waals surface area contributed by atoms with Gasteiger partial charge in [-0.1, -0.05) is 37.6 Å². The quantitative estimate of drug-likeness (QED) is 0.741. The lowest BCUT2D eigenvalue weighted by molar-refractivity contribution is 0.416. The summed E-state index contributed by atoms with van der Waals surface area (Å²) in [7, 11) is 1.63. The summed E-state index contributed by atoms with van der Waals surface area (Å²) in [5.41, 5.74) is 1.76. The lowest BCUT2D eigenvalue weighted by Crippen LogP contribution is -2.03. The number of ether oxygens (including phenoxy) is 1. The van der Waals surface area contributed by atoms with E-state index in [1.54, 1.807) is 7.11 Å². The van der Waals surface area contributed by atoms with Gasteiger partial charge in [0.25, 0.3) is 0 Å². The number of methoxy groups -OCH3 is 1. The Labute approximate surface area is 132 Å². The molecule has 0 aliphatic carbocycles. The average Bonchev–Trinajstić information content (AvgIpc) is 2.43. The second-order valence-electron chi connectivity index (χ2n) is 4.90. The van der Waals surface area contributed by atoms with E-state index >= 15 is 0 Å². The van der Waals surface area contributed by atoms with Gasteiger partial charge >= 0.3 is 0 Å². The van der Waals surface area contributed by atoms with Crippen LogP contribution in [-0.4, -0.2) is 17.1 Å². The highest BCUT2D eigenvalue weighted by molar-refractivity contribution is 9.10. The van der Waals surface area contributed by atoms with Crippen LogP contribution in [0, 0.1) is 5.92 Å². The molecular weight excluding hydrogens is 340 g/mol. The van der Waals surface area contributed by atoms with Crippen LogP contribution < -0.4 is 4.74 Å². The molecule has 0 spiro atoms. The molecule has 5 heteroatoms. The normalized spacial score (nSPS) is 10.9. The van der Waals surface area contributed by atoms with Crippen LogP contribution in [0.2, 0.25) is 5.15 Å². The van der Waals surface area contributed by atoms with Crippen LogP contribution in [0.3, 0.4) is 0 Å². The molecule has 1 aromatic heterocycles. The smallest absolute Gasteiger partial charge is 0.164 e. The molecule has 0 aliphatic heterocycles. The van der Waals surface area contributed by atoms with E-state index in [1.807, 2.05) is 24.3 Å². The van der Waals surface area contributed by atoms with Gasteiger partial charge in [-0.3, -0.25) is 0 Å². The topological polar surface area (TPSA) is 35.0 Å². The maximum absolute atomic E-state index is 6.21. The molecule has 2 rings (SSSR count). The summed E-state index contributed by atoms with van der Waals surface area (Å²) in [6, 6.07) is 7.66. The lowest BCUT2D eigenvalue weighted by atomic mass is 10.1. The molecule has 0 saturated carbocycles. The molecule has 0 atom stereocenters. The van der Waals surface area contributed by atoms with Crippen LogP contribution in [0.1, 0.15) is 19.5 Å². The van der Waals surface area contributed by atoms with Gasteiger partial charge in [-0.15, -0.1) is 0 Å². The van der Waals surface area contributed by atoms with Gasteiger partial charge in [0.05, 0.1) is 22.8 Å². The monoisotopic (exact) mass is 354 g/mol. The SMILES string of the molecule is COc1ccccc1-c1nc(Cl)c(Br)c(CC(C)C)n1. The Balaban J connectivity index is 2.54. The number of benzene rings is 1. The second-order valence-corrected chi connectivity index (χ2v) is 6.05. The number of para-hydroxylation sites is 1. The largest absolute Gasteiger partial charge is 0.496 e. The van der Waals surface area contributed by atoms with E-state index in [2.05, 4.69) is 39.7 Å². The molecule has 1 aromatic carbocycles. The fourth-order valence-electron chi connectivity index (χ4n) is 1.93. The fraction of sp³-hybridized carbons (Fsp3) is 0.333. The molecule has 106 valence electrons. The molecule has 20 heavy (non-hydrogen) atoms. The Bertz CT molecular complexity index is 617. The van der Waals surface area contributed by atoms with Crippen LogP contribution in [-0.2, 0) is 6.42 Å². The minimum absolute atomic E-state index is 0.427. The number of nitrogens with zero attached hydrogens (tertiary/aromatic N) is 2. The first-order valence-electron chi connectivity index (χ1n) is 6.38. The third-order valence-corrected chi connectivity index (χ3v) is 4.16. The first-order chi connectivity index (χ1) is 9.52. The maximum Gasteiger partial charge on any atom is 0.164 e. The van der Waals surface area contributed by atoms with E-state index in [0.717, 1.165) is 27.9 Å². The highest BCUT2D eigenvalue weighted by Crippen LogP contribution is 2.32. The summed E-state index contributed by atoms with van der Waals surface area (Å²) in [6.45, 7) is 4.29. The summed E-state index contributed by atoms with van der Waals surface area (Å²) in [5, 5.41) is 0.427. The van der Waals surface area contributed by atoms with Crippen molar-refractivity contribution in [2.45, 2.75) is 20.3 Å². The van der Waals surface area contributed by atoms with Crippen LogP contribution in [0.25, 0.3) is 11.4 Å². The van der Waals surface area contributed by atoms with Gasteiger partial charge in [-0.05, 0) is 40.4 Å². The van der Waals surface area contributed by atoms with Crippen molar-refractivity contribution in [3.05, 3.63) is 39.6 Å². The summed E-state index contributed by atoms with van der Waals surface area (Å²) >= 11 is 9.67. The zero-order chi connectivity index (χ0) is 14.7. The molecule has 2 aromatic rings. The summed E-state index contributed by atoms with van der Waals surface area (Å²) in [6.07, 6.45) is 0.838. The first kappa shape index (κ1) is 15.3. The molecule has 0 amide bonds. The Hall–Kier alpha value is -1.13. The molecule has 0 bridgehead atoms. The highest BCUT2D eigenvalue weighted by atomic mass is 79.9. The average molecular weight is 356 g/mol. The Morgan fingerprint density at radius 2 is 1.95 bits per heavy atom. The van der Waals surface area contributed by atoms with Gasteiger partial charge in [-0.25, -0.2) is 9.97 Å². The van der Waals surface area contributed by atoms with Gasteiger partial charge < -0.3 is 4.74 Å². The minimum atomic E-state index is 0.427. The van der Waals surface area contributed by atoms with Gasteiger partial charge in [0.1, 0.15) is 10.9 Å². The van der Waals surface area contributed by atoms with E-state index in [0.29, 0.717) is 16.9 Å². The summed E-state index contributed by atoms with van der Waals surface area (Å²) < 4.78 is 6.13. The molecule has 0 radical (unpaired) electrons. The maximum atomic E-state index is 6.21. The second kappa shape index (κ2) is 6.55. The predicted molar refractivity (Wildman–Crippen MR) is 85.3 cm³/mol. The number of hydrogen-bond acceptors (Lipinski definition) is 3. The van der Waals surface area contributed by atoms with Crippen LogP contribution in [0.5, 0.6) is 5.75 Å². The molecular formula is C15H16BrClN2O. The predicted octanol–water partition coefficient (Wildman–Crippen LogP) is 4.77. The first-order valence-corrected chi connectivity index (χ1v) is 7.55. The van der Waals surface area contributed by atoms with Crippen molar-refractivity contribution in [3.63, 3.8) is 0 Å². The number of rotatable bonds is 4. The van der Waals surface area contributed by atoms with E-state index in [4.69, 9.17) is 16.3 Å². The van der Waals surface area contributed by atoms with Crippen molar-refractivity contribution in [1.82, 2.24) is 9.97 Å². The van der Waals surface area contributed by atoms with Crippen molar-refractivity contribution in [1.29, 1.82) is 0 Å². The van der Waals surface area contributed by atoms with Gasteiger partial charge in [0.15, 0.2) is 5.82 Å².